The zero-order chi connectivity index (χ0) is 28.0. The first kappa shape index (κ1) is 28.2. The van der Waals surface area contributed by atoms with Crippen molar-refractivity contribution in [2.45, 2.75) is 23.9 Å². The quantitative estimate of drug-likeness (QED) is 0.184. The summed E-state index contributed by atoms with van der Waals surface area (Å²) in [4.78, 5) is 18.7. The number of anilines is 1. The molecule has 1 aromatic heterocycles. The van der Waals surface area contributed by atoms with E-state index in [2.05, 4.69) is 9.88 Å². The number of aromatic nitrogens is 1. The molecule has 2 heterocycles. The fourth-order valence-corrected chi connectivity index (χ4v) is 5.15. The maximum absolute atomic E-state index is 13.3. The van der Waals surface area contributed by atoms with Crippen molar-refractivity contribution in [2.75, 3.05) is 38.3 Å². The first-order chi connectivity index (χ1) is 18.7. The van der Waals surface area contributed by atoms with Crippen molar-refractivity contribution >= 4 is 29.3 Å². The second kappa shape index (κ2) is 12.4. The molecule has 2 aromatic carbocycles. The van der Waals surface area contributed by atoms with Crippen LogP contribution in [0.25, 0.3) is 6.08 Å². The van der Waals surface area contributed by atoms with Gasteiger partial charge in [-0.1, -0.05) is 12.1 Å². The third-order valence-electron chi connectivity index (χ3n) is 6.21. The van der Waals surface area contributed by atoms with Gasteiger partial charge in [0, 0.05) is 35.7 Å². The van der Waals surface area contributed by atoms with Crippen LogP contribution in [0.15, 0.2) is 59.6 Å². The number of pyridine rings is 1. The van der Waals surface area contributed by atoms with Gasteiger partial charge in [0.1, 0.15) is 22.5 Å². The predicted octanol–water partition coefficient (Wildman–Crippen LogP) is 6.31. The molecule has 1 fully saturated rings. The molecular weight excluding hydrogens is 527 g/mol. The van der Waals surface area contributed by atoms with Crippen molar-refractivity contribution in [2.24, 2.45) is 0 Å². The van der Waals surface area contributed by atoms with Crippen LogP contribution in [-0.4, -0.2) is 44.2 Å². The molecule has 3 aromatic rings. The van der Waals surface area contributed by atoms with Gasteiger partial charge in [0.25, 0.3) is 0 Å². The molecule has 0 spiro atoms. The molecule has 0 atom stereocenters. The van der Waals surface area contributed by atoms with Crippen molar-refractivity contribution in [3.8, 4) is 11.8 Å². The molecule has 4 rings (SSSR count). The maximum Gasteiger partial charge on any atom is 0.433 e. The maximum atomic E-state index is 13.3. The number of morpholine rings is 1. The van der Waals surface area contributed by atoms with E-state index in [1.807, 2.05) is 18.2 Å². The van der Waals surface area contributed by atoms with Crippen molar-refractivity contribution in [1.29, 1.82) is 5.26 Å². The van der Waals surface area contributed by atoms with Crippen LogP contribution < -0.4 is 9.64 Å². The van der Waals surface area contributed by atoms with Gasteiger partial charge in [0.15, 0.2) is 5.78 Å². The minimum absolute atomic E-state index is 0.00327. The molecule has 0 bridgehead atoms. The summed E-state index contributed by atoms with van der Waals surface area (Å²) in [6, 6.07) is 15.6. The van der Waals surface area contributed by atoms with E-state index in [-0.39, 0.29) is 27.7 Å². The van der Waals surface area contributed by atoms with Crippen molar-refractivity contribution in [1.82, 2.24) is 4.98 Å². The highest BCUT2D eigenvalue weighted by atomic mass is 32.2. The minimum atomic E-state index is -4.62. The van der Waals surface area contributed by atoms with E-state index in [0.29, 0.717) is 30.1 Å². The fourth-order valence-electron chi connectivity index (χ4n) is 4.12. The van der Waals surface area contributed by atoms with Gasteiger partial charge >= 0.3 is 6.18 Å². The lowest BCUT2D eigenvalue weighted by molar-refractivity contribution is -0.141. The van der Waals surface area contributed by atoms with Gasteiger partial charge in [-0.15, -0.1) is 11.8 Å². The zero-order valence-corrected chi connectivity index (χ0v) is 22.2. The summed E-state index contributed by atoms with van der Waals surface area (Å²) in [6.07, 6.45) is -1.46. The zero-order valence-electron chi connectivity index (χ0n) is 21.4. The van der Waals surface area contributed by atoms with E-state index in [1.54, 1.807) is 36.4 Å². The van der Waals surface area contributed by atoms with Gasteiger partial charge in [-0.05, 0) is 66.6 Å². The Morgan fingerprint density at radius 1 is 1.18 bits per heavy atom. The largest absolute Gasteiger partial charge is 0.496 e. The monoisotopic (exact) mass is 553 g/mol. The van der Waals surface area contributed by atoms with E-state index in [0.717, 1.165) is 42.2 Å². The van der Waals surface area contributed by atoms with Gasteiger partial charge in [-0.2, -0.15) is 18.4 Å². The molecule has 0 saturated carbocycles. The highest BCUT2D eigenvalue weighted by molar-refractivity contribution is 7.98. The van der Waals surface area contributed by atoms with Crippen molar-refractivity contribution in [3.63, 3.8) is 0 Å². The summed E-state index contributed by atoms with van der Waals surface area (Å²) >= 11 is 1.03. The second-order valence-electron chi connectivity index (χ2n) is 8.82. The first-order valence-electron chi connectivity index (χ1n) is 12.1. The molecule has 0 N–H and O–H groups in total. The molecule has 1 saturated heterocycles. The number of methoxy groups -OCH3 is 1. The van der Waals surface area contributed by atoms with Crippen LogP contribution in [0.2, 0.25) is 0 Å². The lowest BCUT2D eigenvalue weighted by atomic mass is 10.1. The number of alkyl halides is 3. The number of thioether (sulfide) groups is 1. The summed E-state index contributed by atoms with van der Waals surface area (Å²) in [5.41, 5.74) is 2.28. The molecule has 0 aliphatic carbocycles. The molecular formula is C29H26F3N3O3S. The Morgan fingerprint density at radius 3 is 2.54 bits per heavy atom. The molecule has 10 heteroatoms. The molecule has 0 amide bonds. The fraction of sp³-hybridized carbons (Fsp3) is 0.276. The standard InChI is InChI=1S/C29H26F3N3O3S/c1-19-15-27(29(30,31)32)34-28(24(19)17-33)39-18-22-16-20(4-10-26(22)37-2)3-9-25(36)21-5-7-23(8-6-21)35-11-13-38-14-12-35/h3-10,15-16H,11-14,18H2,1-2H3/b9-3+. The van der Waals surface area contributed by atoms with E-state index in [1.165, 1.54) is 20.1 Å². The second-order valence-corrected chi connectivity index (χ2v) is 9.78. The Morgan fingerprint density at radius 2 is 1.90 bits per heavy atom. The van der Waals surface area contributed by atoms with E-state index in [9.17, 15) is 23.2 Å². The van der Waals surface area contributed by atoms with Crippen LogP contribution in [0.5, 0.6) is 5.75 Å². The van der Waals surface area contributed by atoms with E-state index >= 15 is 0 Å². The predicted molar refractivity (Wildman–Crippen MR) is 144 cm³/mol. The number of carbonyl (C=O) groups is 1. The summed E-state index contributed by atoms with van der Waals surface area (Å²) in [5, 5.41) is 9.48. The number of nitrogens with zero attached hydrogens (tertiary/aromatic N) is 3. The van der Waals surface area contributed by atoms with Crippen LogP contribution in [0.4, 0.5) is 18.9 Å². The molecule has 39 heavy (non-hydrogen) atoms. The van der Waals surface area contributed by atoms with Crippen LogP contribution >= 0.6 is 11.8 Å². The number of allylic oxidation sites excluding steroid dienone is 1. The lowest BCUT2D eigenvalue weighted by Crippen LogP contribution is -2.36. The third kappa shape index (κ3) is 6.99. The number of aryl methyl sites for hydroxylation is 1. The highest BCUT2D eigenvalue weighted by Gasteiger charge is 2.34. The van der Waals surface area contributed by atoms with Gasteiger partial charge < -0.3 is 14.4 Å². The molecule has 0 unspecified atom stereocenters. The molecule has 0 radical (unpaired) electrons. The molecule has 6 nitrogen and oxygen atoms in total. The number of rotatable bonds is 8. The van der Waals surface area contributed by atoms with Crippen LogP contribution in [0.3, 0.4) is 0 Å². The number of nitriles is 1. The van der Waals surface area contributed by atoms with Crippen molar-refractivity contribution < 1.29 is 27.4 Å². The number of hydrogen-bond acceptors (Lipinski definition) is 7. The summed E-state index contributed by atoms with van der Waals surface area (Å²) in [7, 11) is 1.50. The Balaban J connectivity index is 1.49. The van der Waals surface area contributed by atoms with Crippen molar-refractivity contribution in [3.05, 3.63) is 88.1 Å². The Kier molecular flexibility index (Phi) is 8.94. The van der Waals surface area contributed by atoms with E-state index in [4.69, 9.17) is 9.47 Å². The van der Waals surface area contributed by atoms with Gasteiger partial charge in [0.2, 0.25) is 0 Å². The third-order valence-corrected chi connectivity index (χ3v) is 7.23. The van der Waals surface area contributed by atoms with Crippen LogP contribution in [-0.2, 0) is 16.7 Å². The number of ether oxygens (including phenoxy) is 2. The van der Waals surface area contributed by atoms with Crippen LogP contribution in [0.1, 0.15) is 38.3 Å². The number of carbonyl (C=O) groups excluding carboxylic acids is 1. The highest BCUT2D eigenvalue weighted by Crippen LogP contribution is 2.35. The van der Waals surface area contributed by atoms with Gasteiger partial charge in [-0.25, -0.2) is 4.98 Å². The number of halogens is 3. The number of hydrogen-bond donors (Lipinski definition) is 0. The Labute approximate surface area is 229 Å². The summed E-state index contributed by atoms with van der Waals surface area (Å²) < 4.78 is 50.6. The first-order valence-corrected chi connectivity index (χ1v) is 13.1. The Bertz CT molecular complexity index is 1410. The topological polar surface area (TPSA) is 75.4 Å². The minimum Gasteiger partial charge on any atom is -0.496 e. The summed E-state index contributed by atoms with van der Waals surface area (Å²) in [6.45, 7) is 4.44. The normalized spacial score (nSPS) is 13.9. The molecule has 202 valence electrons. The average molecular weight is 554 g/mol. The number of ketones is 1. The SMILES string of the molecule is COc1ccc(/C=C/C(=O)c2ccc(N3CCOCC3)cc2)cc1CSc1nc(C(F)(F)F)cc(C)c1C#N. The Hall–Kier alpha value is -3.81. The molecule has 1 aliphatic rings. The average Bonchev–Trinajstić information content (AvgIpc) is 2.94. The smallest absolute Gasteiger partial charge is 0.433 e. The number of benzene rings is 2. The summed E-state index contributed by atoms with van der Waals surface area (Å²) in [5.74, 6) is 0.592. The molecule has 1 aliphatic heterocycles. The van der Waals surface area contributed by atoms with E-state index < -0.39 is 11.9 Å². The lowest BCUT2D eigenvalue weighted by Gasteiger charge is -2.28. The van der Waals surface area contributed by atoms with Crippen LogP contribution in [0, 0.1) is 18.3 Å². The van der Waals surface area contributed by atoms with Gasteiger partial charge in [0.05, 0.1) is 25.9 Å². The van der Waals surface area contributed by atoms with Gasteiger partial charge in [-0.3, -0.25) is 4.79 Å².